The number of nitrogens with one attached hydrogen (secondary N) is 2. The van der Waals surface area contributed by atoms with Crippen molar-refractivity contribution in [1.82, 2.24) is 5.32 Å². The molecular weight excluding hydrogens is 403 g/mol. The van der Waals surface area contributed by atoms with Gasteiger partial charge in [0.25, 0.3) is 5.91 Å². The van der Waals surface area contributed by atoms with Crippen LogP contribution in [0.4, 0.5) is 5.69 Å². The van der Waals surface area contributed by atoms with E-state index in [2.05, 4.69) is 10.6 Å². The summed E-state index contributed by atoms with van der Waals surface area (Å²) in [4.78, 5) is 25.3. The first-order chi connectivity index (χ1) is 12.8. The van der Waals surface area contributed by atoms with Crippen molar-refractivity contribution in [3.05, 3.63) is 63.1 Å². The number of amides is 2. The molecule has 0 aliphatic heterocycles. The van der Waals surface area contributed by atoms with E-state index in [1.165, 1.54) is 6.07 Å². The van der Waals surface area contributed by atoms with Gasteiger partial charge in [0, 0.05) is 10.7 Å². The van der Waals surface area contributed by atoms with Gasteiger partial charge in [0.05, 0.1) is 10.6 Å². The molecule has 2 aromatic carbocycles. The minimum atomic E-state index is -0.669. The molecule has 0 aliphatic rings. The summed E-state index contributed by atoms with van der Waals surface area (Å²) in [5, 5.41) is 6.38. The van der Waals surface area contributed by atoms with Crippen LogP contribution in [0, 0.1) is 13.8 Å². The van der Waals surface area contributed by atoms with E-state index in [9.17, 15) is 9.59 Å². The molecule has 0 heterocycles. The lowest BCUT2D eigenvalue weighted by atomic mass is 10.1. The Morgan fingerprint density at radius 2 is 1.74 bits per heavy atom. The third-order valence-corrected chi connectivity index (χ3v) is 5.09. The van der Waals surface area contributed by atoms with Crippen LogP contribution in [0.5, 0.6) is 0 Å². The molecule has 0 saturated heterocycles. The van der Waals surface area contributed by atoms with Gasteiger partial charge in [0.1, 0.15) is 6.04 Å². The minimum absolute atomic E-state index is 0.248. The molecular formula is C20H22Cl2N2O2S. The van der Waals surface area contributed by atoms with E-state index < -0.39 is 11.9 Å². The summed E-state index contributed by atoms with van der Waals surface area (Å²) >= 11 is 13.6. The van der Waals surface area contributed by atoms with Crippen molar-refractivity contribution < 1.29 is 9.59 Å². The second-order valence-electron chi connectivity index (χ2n) is 6.30. The molecule has 0 fully saturated rings. The molecule has 27 heavy (non-hydrogen) atoms. The number of hydrogen-bond acceptors (Lipinski definition) is 3. The van der Waals surface area contributed by atoms with Gasteiger partial charge in [-0.15, -0.1) is 0 Å². The van der Waals surface area contributed by atoms with Gasteiger partial charge >= 0.3 is 0 Å². The highest BCUT2D eigenvalue weighted by Gasteiger charge is 2.22. The van der Waals surface area contributed by atoms with Crippen LogP contribution in [-0.2, 0) is 4.79 Å². The first-order valence-electron chi connectivity index (χ1n) is 8.44. The zero-order valence-electron chi connectivity index (χ0n) is 15.4. The fourth-order valence-corrected chi connectivity index (χ4v) is 3.66. The van der Waals surface area contributed by atoms with Crippen molar-refractivity contribution in [3.8, 4) is 0 Å². The molecule has 4 nitrogen and oxygen atoms in total. The van der Waals surface area contributed by atoms with Crippen molar-refractivity contribution >= 4 is 52.5 Å². The van der Waals surface area contributed by atoms with Gasteiger partial charge in [-0.25, -0.2) is 0 Å². The lowest BCUT2D eigenvalue weighted by molar-refractivity contribution is -0.118. The summed E-state index contributed by atoms with van der Waals surface area (Å²) in [6.45, 7) is 3.94. The number of anilines is 1. The lowest BCUT2D eigenvalue weighted by Gasteiger charge is -2.19. The van der Waals surface area contributed by atoms with Crippen molar-refractivity contribution in [1.29, 1.82) is 0 Å². The Kier molecular flexibility index (Phi) is 8.02. The van der Waals surface area contributed by atoms with Gasteiger partial charge in [-0.2, -0.15) is 11.8 Å². The van der Waals surface area contributed by atoms with Gasteiger partial charge in [0.15, 0.2) is 0 Å². The first kappa shape index (κ1) is 21.6. The van der Waals surface area contributed by atoms with Crippen LogP contribution in [0.15, 0.2) is 36.4 Å². The summed E-state index contributed by atoms with van der Waals surface area (Å²) in [6, 6.07) is 9.80. The van der Waals surface area contributed by atoms with E-state index in [4.69, 9.17) is 23.2 Å². The van der Waals surface area contributed by atoms with Gasteiger partial charge < -0.3 is 10.6 Å². The Hall–Kier alpha value is -1.69. The fraction of sp³-hybridized carbons (Fsp3) is 0.300. The summed E-state index contributed by atoms with van der Waals surface area (Å²) in [6.07, 6.45) is 2.46. The zero-order chi connectivity index (χ0) is 20.0. The molecule has 2 rings (SSSR count). The summed E-state index contributed by atoms with van der Waals surface area (Å²) in [7, 11) is 0. The van der Waals surface area contributed by atoms with Crippen LogP contribution in [0.25, 0.3) is 0 Å². The van der Waals surface area contributed by atoms with E-state index in [-0.39, 0.29) is 16.5 Å². The third-order valence-electron chi connectivity index (χ3n) is 3.90. The maximum Gasteiger partial charge on any atom is 0.253 e. The minimum Gasteiger partial charge on any atom is -0.340 e. The number of thioether (sulfide) groups is 1. The fourth-order valence-electron chi connectivity index (χ4n) is 2.69. The van der Waals surface area contributed by atoms with Crippen LogP contribution in [0.3, 0.4) is 0 Å². The Balaban J connectivity index is 2.15. The normalized spacial score (nSPS) is 11.7. The first-order valence-corrected chi connectivity index (χ1v) is 10.6. The smallest absolute Gasteiger partial charge is 0.253 e. The molecule has 1 atom stereocenters. The maximum absolute atomic E-state index is 12.8. The number of carbonyl (C=O) groups is 2. The van der Waals surface area contributed by atoms with E-state index in [0.717, 1.165) is 16.9 Å². The second kappa shape index (κ2) is 10.0. The van der Waals surface area contributed by atoms with Crippen LogP contribution in [0.2, 0.25) is 10.0 Å². The van der Waals surface area contributed by atoms with Crippen molar-refractivity contribution in [2.45, 2.75) is 26.3 Å². The summed E-state index contributed by atoms with van der Waals surface area (Å²) in [5.41, 5.74) is 3.12. The molecule has 144 valence electrons. The lowest BCUT2D eigenvalue weighted by Crippen LogP contribution is -2.44. The number of carbonyl (C=O) groups excluding carboxylic acids is 2. The van der Waals surface area contributed by atoms with E-state index in [1.807, 2.05) is 38.3 Å². The molecule has 1 unspecified atom stereocenters. The number of halogens is 2. The molecule has 2 aromatic rings. The number of rotatable bonds is 7. The Morgan fingerprint density at radius 1 is 1.07 bits per heavy atom. The van der Waals surface area contributed by atoms with Crippen molar-refractivity contribution in [2.24, 2.45) is 0 Å². The van der Waals surface area contributed by atoms with Gasteiger partial charge in [-0.05, 0) is 73.7 Å². The quantitative estimate of drug-likeness (QED) is 0.649. The van der Waals surface area contributed by atoms with Crippen LogP contribution in [-0.4, -0.2) is 29.9 Å². The maximum atomic E-state index is 12.8. The second-order valence-corrected chi connectivity index (χ2v) is 8.13. The standard InChI is InChI=1S/C20H22Cl2N2O2S/c1-12-8-13(2)10-15(9-12)23-20(26)18(6-7-27-3)24-19(25)16-5-4-14(21)11-17(16)22/h4-5,8-11,18H,6-7H2,1-3H3,(H,23,26)(H,24,25). The summed E-state index contributed by atoms with van der Waals surface area (Å²) in [5.74, 6) is 0.0744. The number of benzene rings is 2. The zero-order valence-corrected chi connectivity index (χ0v) is 17.8. The van der Waals surface area contributed by atoms with Gasteiger partial charge in [-0.1, -0.05) is 29.3 Å². The monoisotopic (exact) mass is 424 g/mol. The molecule has 0 spiro atoms. The SMILES string of the molecule is CSCCC(NC(=O)c1ccc(Cl)cc1Cl)C(=O)Nc1cc(C)cc(C)c1. The molecule has 0 saturated carbocycles. The predicted molar refractivity (Wildman–Crippen MR) is 115 cm³/mol. The molecule has 0 aromatic heterocycles. The topological polar surface area (TPSA) is 58.2 Å². The Morgan fingerprint density at radius 3 is 2.33 bits per heavy atom. The molecule has 0 bridgehead atoms. The Labute approximate surface area is 174 Å². The van der Waals surface area contributed by atoms with Gasteiger partial charge in [0.2, 0.25) is 5.91 Å². The Bertz CT molecular complexity index is 822. The van der Waals surface area contributed by atoms with E-state index >= 15 is 0 Å². The molecule has 2 amide bonds. The molecule has 7 heteroatoms. The van der Waals surface area contributed by atoms with Crippen LogP contribution in [0.1, 0.15) is 27.9 Å². The number of aryl methyl sites for hydroxylation is 2. The van der Waals surface area contributed by atoms with Crippen molar-refractivity contribution in [2.75, 3.05) is 17.3 Å². The van der Waals surface area contributed by atoms with E-state index in [0.29, 0.717) is 17.1 Å². The van der Waals surface area contributed by atoms with E-state index in [1.54, 1.807) is 23.9 Å². The highest BCUT2D eigenvalue weighted by atomic mass is 35.5. The number of hydrogen-bond donors (Lipinski definition) is 2. The largest absolute Gasteiger partial charge is 0.340 e. The predicted octanol–water partition coefficient (Wildman–Crippen LogP) is 5.10. The van der Waals surface area contributed by atoms with Gasteiger partial charge in [-0.3, -0.25) is 9.59 Å². The molecule has 2 N–H and O–H groups in total. The van der Waals surface area contributed by atoms with Crippen LogP contribution >= 0.6 is 35.0 Å². The highest BCUT2D eigenvalue weighted by Crippen LogP contribution is 2.21. The molecule has 0 radical (unpaired) electrons. The summed E-state index contributed by atoms with van der Waals surface area (Å²) < 4.78 is 0. The van der Waals surface area contributed by atoms with Crippen LogP contribution < -0.4 is 10.6 Å². The average molecular weight is 425 g/mol. The average Bonchev–Trinajstić information content (AvgIpc) is 2.57. The highest BCUT2D eigenvalue weighted by molar-refractivity contribution is 7.98. The third kappa shape index (κ3) is 6.45. The van der Waals surface area contributed by atoms with Crippen molar-refractivity contribution in [3.63, 3.8) is 0 Å². The molecule has 0 aliphatic carbocycles.